The van der Waals surface area contributed by atoms with Crippen molar-refractivity contribution in [2.75, 3.05) is 38.1 Å². The van der Waals surface area contributed by atoms with Crippen LogP contribution < -0.4 is 24.4 Å². The second-order valence-corrected chi connectivity index (χ2v) is 5.37. The first-order valence-corrected chi connectivity index (χ1v) is 7.64. The van der Waals surface area contributed by atoms with Crippen LogP contribution in [0.4, 0.5) is 16.2 Å². The minimum Gasteiger partial charge on any atom is -0.493 e. The van der Waals surface area contributed by atoms with Crippen molar-refractivity contribution >= 4 is 17.4 Å². The summed E-state index contributed by atoms with van der Waals surface area (Å²) in [6.07, 6.45) is 0.860. The number of urea groups is 1. The van der Waals surface area contributed by atoms with Crippen molar-refractivity contribution in [2.24, 2.45) is 0 Å². The Morgan fingerprint density at radius 2 is 1.71 bits per heavy atom. The summed E-state index contributed by atoms with van der Waals surface area (Å²) in [7, 11) is 4.62. The number of fused-ring (bicyclic) bond motifs is 1. The molecule has 126 valence electrons. The van der Waals surface area contributed by atoms with Gasteiger partial charge < -0.3 is 19.5 Å². The van der Waals surface area contributed by atoms with Gasteiger partial charge in [-0.2, -0.15) is 0 Å². The van der Waals surface area contributed by atoms with E-state index in [4.69, 9.17) is 14.2 Å². The summed E-state index contributed by atoms with van der Waals surface area (Å²) >= 11 is 0. The summed E-state index contributed by atoms with van der Waals surface area (Å²) in [4.78, 5) is 14.4. The summed E-state index contributed by atoms with van der Waals surface area (Å²) in [5.41, 5.74) is 2.71. The topological polar surface area (TPSA) is 60.0 Å². The Morgan fingerprint density at radius 3 is 2.33 bits per heavy atom. The molecule has 2 aromatic rings. The lowest BCUT2D eigenvalue weighted by molar-refractivity contribution is 0.257. The fourth-order valence-corrected chi connectivity index (χ4v) is 2.89. The van der Waals surface area contributed by atoms with Crippen LogP contribution in [0.5, 0.6) is 17.2 Å². The summed E-state index contributed by atoms with van der Waals surface area (Å²) < 4.78 is 15.9. The van der Waals surface area contributed by atoms with E-state index in [0.29, 0.717) is 29.5 Å². The Bertz CT molecular complexity index is 735. The van der Waals surface area contributed by atoms with Gasteiger partial charge in [0.25, 0.3) is 0 Å². The quantitative estimate of drug-likeness (QED) is 0.935. The predicted molar refractivity (Wildman–Crippen MR) is 92.6 cm³/mol. The molecule has 3 rings (SSSR count). The van der Waals surface area contributed by atoms with Crippen LogP contribution in [0.25, 0.3) is 0 Å². The SMILES string of the molecule is COc1cc(NC(=O)N2CCc3ccccc32)cc(OC)c1OC. The zero-order valence-electron chi connectivity index (χ0n) is 14.0. The number of anilines is 2. The molecule has 1 aliphatic heterocycles. The van der Waals surface area contributed by atoms with Gasteiger partial charge in [-0.05, 0) is 18.1 Å². The molecule has 1 aliphatic rings. The Balaban J connectivity index is 1.85. The molecule has 0 unspecified atom stereocenters. The fourth-order valence-electron chi connectivity index (χ4n) is 2.89. The molecule has 0 fully saturated rings. The highest BCUT2D eigenvalue weighted by Crippen LogP contribution is 2.40. The summed E-state index contributed by atoms with van der Waals surface area (Å²) in [5, 5.41) is 2.90. The number of amides is 2. The molecule has 2 aromatic carbocycles. The molecule has 0 aliphatic carbocycles. The predicted octanol–water partition coefficient (Wildman–Crippen LogP) is 3.31. The first-order valence-electron chi connectivity index (χ1n) is 7.64. The third kappa shape index (κ3) is 2.82. The van der Waals surface area contributed by atoms with Crippen LogP contribution >= 0.6 is 0 Å². The molecule has 0 radical (unpaired) electrons. The Morgan fingerprint density at radius 1 is 1.04 bits per heavy atom. The van der Waals surface area contributed by atoms with Gasteiger partial charge in [0.1, 0.15) is 0 Å². The van der Waals surface area contributed by atoms with Gasteiger partial charge in [-0.1, -0.05) is 18.2 Å². The number of hydrogen-bond donors (Lipinski definition) is 1. The minimum atomic E-state index is -0.186. The van der Waals surface area contributed by atoms with Gasteiger partial charge in [0.05, 0.1) is 27.0 Å². The number of methoxy groups -OCH3 is 3. The van der Waals surface area contributed by atoms with Crippen molar-refractivity contribution in [2.45, 2.75) is 6.42 Å². The molecule has 0 saturated heterocycles. The van der Waals surface area contributed by atoms with Gasteiger partial charge in [-0.3, -0.25) is 4.90 Å². The number of para-hydroxylation sites is 1. The average molecular weight is 328 g/mol. The molecular formula is C18H20N2O4. The van der Waals surface area contributed by atoms with Crippen LogP contribution in [-0.4, -0.2) is 33.9 Å². The molecule has 6 nitrogen and oxygen atoms in total. The zero-order chi connectivity index (χ0) is 17.1. The minimum absolute atomic E-state index is 0.186. The second-order valence-electron chi connectivity index (χ2n) is 5.37. The highest BCUT2D eigenvalue weighted by atomic mass is 16.5. The normalized spacial score (nSPS) is 12.5. The zero-order valence-corrected chi connectivity index (χ0v) is 14.0. The second kappa shape index (κ2) is 6.70. The highest BCUT2D eigenvalue weighted by molar-refractivity contribution is 6.03. The molecule has 1 heterocycles. The van der Waals surface area contributed by atoms with Gasteiger partial charge in [0.15, 0.2) is 11.5 Å². The van der Waals surface area contributed by atoms with Crippen molar-refractivity contribution < 1.29 is 19.0 Å². The third-order valence-electron chi connectivity index (χ3n) is 4.05. The maximum absolute atomic E-state index is 12.6. The number of carbonyl (C=O) groups is 1. The van der Waals surface area contributed by atoms with Crippen molar-refractivity contribution in [1.82, 2.24) is 0 Å². The van der Waals surface area contributed by atoms with E-state index in [1.54, 1.807) is 38.4 Å². The molecule has 24 heavy (non-hydrogen) atoms. The number of benzene rings is 2. The first kappa shape index (κ1) is 16.0. The maximum Gasteiger partial charge on any atom is 0.326 e. The summed E-state index contributed by atoms with van der Waals surface area (Å²) in [6, 6.07) is 11.2. The van der Waals surface area contributed by atoms with E-state index in [1.807, 2.05) is 24.3 Å². The van der Waals surface area contributed by atoms with E-state index < -0.39 is 0 Å². The van der Waals surface area contributed by atoms with Gasteiger partial charge >= 0.3 is 6.03 Å². The number of ether oxygens (including phenoxy) is 3. The number of nitrogens with one attached hydrogen (secondary N) is 1. The lowest BCUT2D eigenvalue weighted by atomic mass is 10.2. The molecule has 0 atom stereocenters. The molecule has 1 N–H and O–H groups in total. The summed E-state index contributed by atoms with van der Waals surface area (Å²) in [6.45, 7) is 0.662. The van der Waals surface area contributed by atoms with Gasteiger partial charge in [-0.15, -0.1) is 0 Å². The van der Waals surface area contributed by atoms with Crippen LogP contribution in [-0.2, 0) is 6.42 Å². The van der Waals surface area contributed by atoms with E-state index in [-0.39, 0.29) is 6.03 Å². The number of rotatable bonds is 4. The highest BCUT2D eigenvalue weighted by Gasteiger charge is 2.24. The smallest absolute Gasteiger partial charge is 0.326 e. The van der Waals surface area contributed by atoms with E-state index in [1.165, 1.54) is 5.56 Å². The monoisotopic (exact) mass is 328 g/mol. The van der Waals surface area contributed by atoms with Crippen molar-refractivity contribution in [3.8, 4) is 17.2 Å². The third-order valence-corrected chi connectivity index (χ3v) is 4.05. The Labute approximate surface area is 140 Å². The molecule has 0 aromatic heterocycles. The Hall–Kier alpha value is -2.89. The van der Waals surface area contributed by atoms with Crippen LogP contribution in [0.1, 0.15) is 5.56 Å². The lowest BCUT2D eigenvalue weighted by Gasteiger charge is -2.19. The van der Waals surface area contributed by atoms with Crippen molar-refractivity contribution in [1.29, 1.82) is 0 Å². The standard InChI is InChI=1S/C18H20N2O4/c1-22-15-10-13(11-16(23-2)17(15)24-3)19-18(21)20-9-8-12-6-4-5-7-14(12)20/h4-7,10-11H,8-9H2,1-3H3,(H,19,21). The van der Waals surface area contributed by atoms with Crippen LogP contribution in [0.15, 0.2) is 36.4 Å². The van der Waals surface area contributed by atoms with E-state index in [0.717, 1.165) is 12.1 Å². The molecule has 0 spiro atoms. The van der Waals surface area contributed by atoms with Gasteiger partial charge in [0, 0.05) is 24.4 Å². The number of hydrogen-bond acceptors (Lipinski definition) is 4. The molecule has 2 amide bonds. The maximum atomic E-state index is 12.6. The van der Waals surface area contributed by atoms with Gasteiger partial charge in [-0.25, -0.2) is 4.79 Å². The van der Waals surface area contributed by atoms with E-state index >= 15 is 0 Å². The van der Waals surface area contributed by atoms with Crippen molar-refractivity contribution in [3.63, 3.8) is 0 Å². The molecular weight excluding hydrogens is 308 g/mol. The molecule has 0 saturated carbocycles. The fraction of sp³-hybridized carbons (Fsp3) is 0.278. The Kier molecular flexibility index (Phi) is 4.46. The first-order chi connectivity index (χ1) is 11.7. The number of carbonyl (C=O) groups excluding carboxylic acids is 1. The molecule has 0 bridgehead atoms. The molecule has 6 heteroatoms. The van der Waals surface area contributed by atoms with E-state index in [2.05, 4.69) is 5.32 Å². The van der Waals surface area contributed by atoms with Crippen LogP contribution in [0, 0.1) is 0 Å². The van der Waals surface area contributed by atoms with Crippen molar-refractivity contribution in [3.05, 3.63) is 42.0 Å². The largest absolute Gasteiger partial charge is 0.493 e. The van der Waals surface area contributed by atoms with Gasteiger partial charge in [0.2, 0.25) is 5.75 Å². The van der Waals surface area contributed by atoms with E-state index in [9.17, 15) is 4.79 Å². The van der Waals surface area contributed by atoms with Crippen LogP contribution in [0.3, 0.4) is 0 Å². The average Bonchev–Trinajstić information content (AvgIpc) is 3.05. The lowest BCUT2D eigenvalue weighted by Crippen LogP contribution is -2.33. The summed E-state index contributed by atoms with van der Waals surface area (Å²) in [5.74, 6) is 1.48. The van der Waals surface area contributed by atoms with Crippen LogP contribution in [0.2, 0.25) is 0 Å². The number of nitrogens with zero attached hydrogens (tertiary/aromatic N) is 1.